The van der Waals surface area contributed by atoms with Crippen molar-refractivity contribution in [1.82, 2.24) is 14.9 Å². The van der Waals surface area contributed by atoms with Gasteiger partial charge in [0.25, 0.3) is 0 Å². The molecule has 0 radical (unpaired) electrons. The molecular formula is C19H25N3O. The third-order valence-electron chi connectivity index (χ3n) is 4.33. The van der Waals surface area contributed by atoms with E-state index >= 15 is 0 Å². The Bertz CT molecular complexity index is 621. The van der Waals surface area contributed by atoms with E-state index in [-0.39, 0.29) is 0 Å². The van der Waals surface area contributed by atoms with E-state index in [1.165, 1.54) is 24.8 Å². The number of likely N-dealkylation sites (N-methyl/N-ethyl adjacent to an activating group) is 1. The highest BCUT2D eigenvalue weighted by molar-refractivity contribution is 5.59. The van der Waals surface area contributed by atoms with Gasteiger partial charge in [-0.05, 0) is 38.8 Å². The van der Waals surface area contributed by atoms with Gasteiger partial charge in [0.05, 0.1) is 6.10 Å². The van der Waals surface area contributed by atoms with E-state index in [4.69, 9.17) is 4.74 Å². The van der Waals surface area contributed by atoms with Gasteiger partial charge >= 0.3 is 0 Å². The minimum absolute atomic E-state index is 0.376. The van der Waals surface area contributed by atoms with Crippen molar-refractivity contribution in [3.05, 3.63) is 47.8 Å². The predicted octanol–water partition coefficient (Wildman–Crippen LogP) is 3.45. The van der Waals surface area contributed by atoms with E-state index in [0.717, 1.165) is 36.6 Å². The van der Waals surface area contributed by atoms with Crippen molar-refractivity contribution in [2.45, 2.75) is 38.8 Å². The summed E-state index contributed by atoms with van der Waals surface area (Å²) in [6.07, 6.45) is 7.91. The Hall–Kier alpha value is -1.78. The third kappa shape index (κ3) is 4.36. The molecule has 1 unspecified atom stereocenters. The molecule has 1 atom stereocenters. The third-order valence-corrected chi connectivity index (χ3v) is 4.33. The molecule has 1 aromatic heterocycles. The molecule has 1 saturated heterocycles. The fourth-order valence-electron chi connectivity index (χ4n) is 3.07. The highest BCUT2D eigenvalue weighted by Crippen LogP contribution is 2.19. The molecule has 0 saturated carbocycles. The van der Waals surface area contributed by atoms with E-state index in [1.54, 1.807) is 0 Å². The first-order valence-electron chi connectivity index (χ1n) is 8.39. The van der Waals surface area contributed by atoms with Crippen LogP contribution in [0.1, 0.15) is 30.4 Å². The second-order valence-electron chi connectivity index (χ2n) is 6.42. The number of nitrogens with zero attached hydrogens (tertiary/aromatic N) is 3. The second kappa shape index (κ2) is 7.66. The normalized spacial score (nSPS) is 18.3. The molecule has 2 heterocycles. The number of aryl methyl sites for hydroxylation is 1. The summed E-state index contributed by atoms with van der Waals surface area (Å²) in [6.45, 7) is 4.82. The van der Waals surface area contributed by atoms with E-state index in [9.17, 15) is 0 Å². The van der Waals surface area contributed by atoms with Gasteiger partial charge in [0.1, 0.15) is 0 Å². The number of benzene rings is 1. The second-order valence-corrected chi connectivity index (χ2v) is 6.42. The molecule has 0 spiro atoms. The maximum atomic E-state index is 5.80. The summed E-state index contributed by atoms with van der Waals surface area (Å²) in [7, 11) is 2.13. The summed E-state index contributed by atoms with van der Waals surface area (Å²) in [5.74, 6) is 0.796. The molecule has 1 aliphatic heterocycles. The maximum absolute atomic E-state index is 5.80. The van der Waals surface area contributed by atoms with Gasteiger partial charge in [-0.3, -0.25) is 4.90 Å². The van der Waals surface area contributed by atoms with Crippen LogP contribution in [0.25, 0.3) is 11.4 Å². The first-order valence-corrected chi connectivity index (χ1v) is 8.39. The highest BCUT2D eigenvalue weighted by atomic mass is 16.5. The Balaban J connectivity index is 1.60. The summed E-state index contributed by atoms with van der Waals surface area (Å²) in [4.78, 5) is 11.4. The van der Waals surface area contributed by atoms with Crippen LogP contribution in [-0.4, -0.2) is 41.2 Å². The lowest BCUT2D eigenvalue weighted by molar-refractivity contribution is -0.00261. The van der Waals surface area contributed by atoms with Crippen molar-refractivity contribution in [3.63, 3.8) is 0 Å². The van der Waals surface area contributed by atoms with Crippen LogP contribution in [0.2, 0.25) is 0 Å². The first kappa shape index (κ1) is 16.1. The number of hydrogen-bond acceptors (Lipinski definition) is 4. The quantitative estimate of drug-likeness (QED) is 0.847. The number of ether oxygens (including phenoxy) is 1. The van der Waals surface area contributed by atoms with Gasteiger partial charge in [0, 0.05) is 43.2 Å². The predicted molar refractivity (Wildman–Crippen MR) is 92.1 cm³/mol. The number of hydrogen-bond donors (Lipinski definition) is 0. The van der Waals surface area contributed by atoms with E-state index in [1.807, 2.05) is 24.5 Å². The lowest BCUT2D eigenvalue weighted by Crippen LogP contribution is -2.33. The van der Waals surface area contributed by atoms with Crippen molar-refractivity contribution < 1.29 is 4.74 Å². The van der Waals surface area contributed by atoms with Gasteiger partial charge in [-0.15, -0.1) is 0 Å². The maximum Gasteiger partial charge on any atom is 0.159 e. The van der Waals surface area contributed by atoms with Crippen molar-refractivity contribution in [1.29, 1.82) is 0 Å². The molecule has 3 rings (SSSR count). The molecular weight excluding hydrogens is 286 g/mol. The molecule has 0 N–H and O–H groups in total. The molecule has 23 heavy (non-hydrogen) atoms. The van der Waals surface area contributed by atoms with Gasteiger partial charge in [-0.1, -0.05) is 24.3 Å². The molecule has 2 aromatic rings. The molecule has 1 aromatic carbocycles. The molecule has 0 amide bonds. The molecule has 122 valence electrons. The van der Waals surface area contributed by atoms with Crippen LogP contribution in [0.5, 0.6) is 0 Å². The lowest BCUT2D eigenvalue weighted by Gasteiger charge is -2.27. The summed E-state index contributed by atoms with van der Waals surface area (Å²) in [5, 5.41) is 0. The van der Waals surface area contributed by atoms with E-state index in [2.05, 4.69) is 41.0 Å². The van der Waals surface area contributed by atoms with Crippen LogP contribution in [0.3, 0.4) is 0 Å². The van der Waals surface area contributed by atoms with E-state index < -0.39 is 0 Å². The smallest absolute Gasteiger partial charge is 0.159 e. The lowest BCUT2D eigenvalue weighted by atomic mass is 10.1. The fourth-order valence-corrected chi connectivity index (χ4v) is 3.07. The van der Waals surface area contributed by atoms with Crippen LogP contribution in [0.4, 0.5) is 0 Å². The van der Waals surface area contributed by atoms with Crippen molar-refractivity contribution in [2.24, 2.45) is 0 Å². The van der Waals surface area contributed by atoms with Gasteiger partial charge < -0.3 is 4.74 Å². The number of aromatic nitrogens is 2. The van der Waals surface area contributed by atoms with Crippen LogP contribution in [-0.2, 0) is 11.3 Å². The highest BCUT2D eigenvalue weighted by Gasteiger charge is 2.16. The SMILES string of the molecule is Cc1ccccc1-c1ncc(CN(C)CC2CCCCO2)cn1. The van der Waals surface area contributed by atoms with Gasteiger partial charge in [0.15, 0.2) is 5.82 Å². The molecule has 4 heteroatoms. The topological polar surface area (TPSA) is 38.2 Å². The Morgan fingerprint density at radius 1 is 1.17 bits per heavy atom. The minimum Gasteiger partial charge on any atom is -0.377 e. The standard InChI is InChI=1S/C19H25N3O/c1-15-7-3-4-9-18(15)19-20-11-16(12-21-19)13-22(2)14-17-8-5-6-10-23-17/h3-4,7,9,11-12,17H,5-6,8,10,13-14H2,1-2H3. The molecule has 1 fully saturated rings. The molecule has 0 bridgehead atoms. The monoisotopic (exact) mass is 311 g/mol. The summed E-state index contributed by atoms with van der Waals surface area (Å²) < 4.78 is 5.80. The zero-order valence-corrected chi connectivity index (χ0v) is 14.0. The summed E-state index contributed by atoms with van der Waals surface area (Å²) in [5.41, 5.74) is 3.44. The largest absolute Gasteiger partial charge is 0.377 e. The van der Waals surface area contributed by atoms with E-state index in [0.29, 0.717) is 6.10 Å². The van der Waals surface area contributed by atoms with Crippen molar-refractivity contribution in [3.8, 4) is 11.4 Å². The van der Waals surface area contributed by atoms with Crippen molar-refractivity contribution >= 4 is 0 Å². The Kier molecular flexibility index (Phi) is 5.36. The Morgan fingerprint density at radius 2 is 1.96 bits per heavy atom. The van der Waals surface area contributed by atoms with Crippen LogP contribution in [0.15, 0.2) is 36.7 Å². The van der Waals surface area contributed by atoms with Gasteiger partial charge in [-0.2, -0.15) is 0 Å². The molecule has 0 aliphatic carbocycles. The van der Waals surface area contributed by atoms with Gasteiger partial charge in [-0.25, -0.2) is 9.97 Å². The van der Waals surface area contributed by atoms with Crippen LogP contribution < -0.4 is 0 Å². The first-order chi connectivity index (χ1) is 11.2. The van der Waals surface area contributed by atoms with Gasteiger partial charge in [0.2, 0.25) is 0 Å². The average Bonchev–Trinajstić information content (AvgIpc) is 2.57. The zero-order chi connectivity index (χ0) is 16.1. The molecule has 1 aliphatic rings. The van der Waals surface area contributed by atoms with Crippen LogP contribution in [0, 0.1) is 6.92 Å². The zero-order valence-electron chi connectivity index (χ0n) is 14.0. The Morgan fingerprint density at radius 3 is 2.65 bits per heavy atom. The summed E-state index contributed by atoms with van der Waals surface area (Å²) in [6, 6.07) is 8.22. The fraction of sp³-hybridized carbons (Fsp3) is 0.474. The minimum atomic E-state index is 0.376. The van der Waals surface area contributed by atoms with Crippen LogP contribution >= 0.6 is 0 Å². The average molecular weight is 311 g/mol. The number of rotatable bonds is 5. The van der Waals surface area contributed by atoms with Crippen molar-refractivity contribution in [2.75, 3.05) is 20.2 Å². The summed E-state index contributed by atoms with van der Waals surface area (Å²) >= 11 is 0. The molecule has 4 nitrogen and oxygen atoms in total. The Labute approximate surface area is 138 Å².